The van der Waals surface area contributed by atoms with Crippen molar-refractivity contribution in [2.45, 2.75) is 19.1 Å². The number of amides is 1. The van der Waals surface area contributed by atoms with Crippen LogP contribution in [0.5, 0.6) is 0 Å². The van der Waals surface area contributed by atoms with Crippen molar-refractivity contribution >= 4 is 34.8 Å². The largest absolute Gasteiger partial charge is 0.371 e. The summed E-state index contributed by atoms with van der Waals surface area (Å²) in [4.78, 5) is 14.7. The predicted octanol–water partition coefficient (Wildman–Crippen LogP) is 4.27. The van der Waals surface area contributed by atoms with Gasteiger partial charge in [0, 0.05) is 23.8 Å². The van der Waals surface area contributed by atoms with Gasteiger partial charge in [0.15, 0.2) is 0 Å². The maximum atomic E-state index is 12.6. The molecule has 1 aliphatic heterocycles. The minimum Gasteiger partial charge on any atom is -0.371 e. The van der Waals surface area contributed by atoms with Crippen LogP contribution in [-0.4, -0.2) is 36.5 Å². The van der Waals surface area contributed by atoms with Crippen molar-refractivity contribution in [2.75, 3.05) is 25.0 Å². The molecule has 2 aromatic rings. The number of morpholine rings is 1. The van der Waals surface area contributed by atoms with Gasteiger partial charge in [0.05, 0.1) is 29.3 Å². The lowest BCUT2D eigenvalue weighted by Crippen LogP contribution is -2.48. The van der Waals surface area contributed by atoms with Crippen LogP contribution in [0.15, 0.2) is 42.5 Å². The van der Waals surface area contributed by atoms with E-state index in [-0.39, 0.29) is 18.1 Å². The first-order chi connectivity index (χ1) is 13.0. The SMILES string of the molecule is C[C@@H](C(=O)Nc1ccc(C#N)c(Cl)c1)N1CCO[C@@H](c2ccc(Cl)cc2)C1. The Morgan fingerprint density at radius 1 is 1.30 bits per heavy atom. The number of rotatable bonds is 4. The Labute approximate surface area is 168 Å². The minimum absolute atomic E-state index is 0.101. The molecule has 1 N–H and O–H groups in total. The first-order valence-electron chi connectivity index (χ1n) is 8.59. The zero-order chi connectivity index (χ0) is 19.4. The second-order valence-corrected chi connectivity index (χ2v) is 7.22. The van der Waals surface area contributed by atoms with Crippen LogP contribution in [-0.2, 0) is 9.53 Å². The number of carbonyl (C=O) groups excluding carboxylic acids is 1. The van der Waals surface area contributed by atoms with E-state index in [2.05, 4.69) is 10.2 Å². The van der Waals surface area contributed by atoms with Crippen LogP contribution < -0.4 is 5.32 Å². The van der Waals surface area contributed by atoms with E-state index in [1.165, 1.54) is 0 Å². The molecule has 27 heavy (non-hydrogen) atoms. The number of ether oxygens (including phenoxy) is 1. The normalized spacial score (nSPS) is 18.5. The average Bonchev–Trinajstić information content (AvgIpc) is 2.68. The molecule has 2 atom stereocenters. The third kappa shape index (κ3) is 4.79. The van der Waals surface area contributed by atoms with Gasteiger partial charge in [0.1, 0.15) is 6.07 Å². The molecule has 2 aromatic carbocycles. The molecule has 1 fully saturated rings. The Morgan fingerprint density at radius 3 is 2.70 bits per heavy atom. The van der Waals surface area contributed by atoms with E-state index in [1.807, 2.05) is 37.3 Å². The van der Waals surface area contributed by atoms with Crippen molar-refractivity contribution in [3.63, 3.8) is 0 Å². The first-order valence-corrected chi connectivity index (χ1v) is 9.35. The molecule has 0 radical (unpaired) electrons. The minimum atomic E-state index is -0.335. The molecule has 5 nitrogen and oxygen atoms in total. The molecular formula is C20H19Cl2N3O2. The molecular weight excluding hydrogens is 385 g/mol. The van der Waals surface area contributed by atoms with Crippen molar-refractivity contribution in [1.82, 2.24) is 4.90 Å². The second kappa shape index (κ2) is 8.73. The number of hydrogen-bond donors (Lipinski definition) is 1. The number of anilines is 1. The quantitative estimate of drug-likeness (QED) is 0.827. The van der Waals surface area contributed by atoms with E-state index < -0.39 is 0 Å². The molecule has 3 rings (SSSR count). The van der Waals surface area contributed by atoms with Crippen LogP contribution in [0.2, 0.25) is 10.0 Å². The Balaban J connectivity index is 1.64. The highest BCUT2D eigenvalue weighted by Crippen LogP contribution is 2.25. The summed E-state index contributed by atoms with van der Waals surface area (Å²) < 4.78 is 5.86. The molecule has 0 saturated carbocycles. The Kier molecular flexibility index (Phi) is 6.35. The number of nitrogens with one attached hydrogen (secondary N) is 1. The van der Waals surface area contributed by atoms with Gasteiger partial charge in [-0.2, -0.15) is 5.26 Å². The molecule has 0 bridgehead atoms. The fourth-order valence-corrected chi connectivity index (χ4v) is 3.34. The highest BCUT2D eigenvalue weighted by molar-refractivity contribution is 6.32. The van der Waals surface area contributed by atoms with Gasteiger partial charge in [-0.1, -0.05) is 35.3 Å². The van der Waals surface area contributed by atoms with Crippen molar-refractivity contribution < 1.29 is 9.53 Å². The van der Waals surface area contributed by atoms with Crippen molar-refractivity contribution in [2.24, 2.45) is 0 Å². The standard InChI is InChI=1S/C20H19Cl2N3O2/c1-13(20(26)24-17-7-4-15(11-23)18(22)10-17)25-8-9-27-19(12-25)14-2-5-16(21)6-3-14/h2-7,10,13,19H,8-9,12H2,1H3,(H,24,26)/t13-,19+/m0/s1. The molecule has 1 heterocycles. The van der Waals surface area contributed by atoms with Crippen molar-refractivity contribution in [1.29, 1.82) is 5.26 Å². The zero-order valence-electron chi connectivity index (χ0n) is 14.8. The van der Waals surface area contributed by atoms with Crippen molar-refractivity contribution in [3.8, 4) is 6.07 Å². The molecule has 0 aromatic heterocycles. The summed E-state index contributed by atoms with van der Waals surface area (Å²) in [6, 6.07) is 14.1. The summed E-state index contributed by atoms with van der Waals surface area (Å²) in [7, 11) is 0. The van der Waals surface area contributed by atoms with Crippen LogP contribution in [0.1, 0.15) is 24.2 Å². The van der Waals surface area contributed by atoms with Gasteiger partial charge in [-0.25, -0.2) is 0 Å². The van der Waals surface area contributed by atoms with Gasteiger partial charge in [-0.3, -0.25) is 9.69 Å². The number of nitrogens with zero attached hydrogens (tertiary/aromatic N) is 2. The first kappa shape index (κ1) is 19.7. The summed E-state index contributed by atoms with van der Waals surface area (Å²) in [6.07, 6.45) is -0.101. The third-order valence-corrected chi connectivity index (χ3v) is 5.19. The molecule has 0 spiro atoms. The van der Waals surface area contributed by atoms with Gasteiger partial charge >= 0.3 is 0 Å². The maximum absolute atomic E-state index is 12.6. The molecule has 0 unspecified atom stereocenters. The number of hydrogen-bond acceptors (Lipinski definition) is 4. The number of carbonyl (C=O) groups is 1. The van der Waals surface area contributed by atoms with E-state index in [9.17, 15) is 4.79 Å². The summed E-state index contributed by atoms with van der Waals surface area (Å²) in [5.41, 5.74) is 1.98. The van der Waals surface area contributed by atoms with Gasteiger partial charge < -0.3 is 10.1 Å². The van der Waals surface area contributed by atoms with Gasteiger partial charge in [0.25, 0.3) is 0 Å². The summed E-state index contributed by atoms with van der Waals surface area (Å²) in [5, 5.41) is 12.8. The molecule has 1 amide bonds. The van der Waals surface area contributed by atoms with Crippen LogP contribution in [0.4, 0.5) is 5.69 Å². The Hall–Kier alpha value is -2.10. The third-order valence-electron chi connectivity index (χ3n) is 4.62. The number of benzene rings is 2. The fourth-order valence-electron chi connectivity index (χ4n) is 3.00. The lowest BCUT2D eigenvalue weighted by atomic mass is 10.1. The topological polar surface area (TPSA) is 65.4 Å². The van der Waals surface area contributed by atoms with Crippen LogP contribution in [0.25, 0.3) is 0 Å². The van der Waals surface area contributed by atoms with E-state index in [0.29, 0.717) is 41.0 Å². The fraction of sp³-hybridized carbons (Fsp3) is 0.300. The van der Waals surface area contributed by atoms with E-state index >= 15 is 0 Å². The van der Waals surface area contributed by atoms with Crippen molar-refractivity contribution in [3.05, 3.63) is 63.6 Å². The molecule has 7 heteroatoms. The van der Waals surface area contributed by atoms with E-state index in [4.69, 9.17) is 33.2 Å². The Morgan fingerprint density at radius 2 is 2.04 bits per heavy atom. The predicted molar refractivity (Wildman–Crippen MR) is 106 cm³/mol. The van der Waals surface area contributed by atoms with Crippen LogP contribution in [0.3, 0.4) is 0 Å². The monoisotopic (exact) mass is 403 g/mol. The smallest absolute Gasteiger partial charge is 0.241 e. The Bertz CT molecular complexity index is 865. The molecule has 1 saturated heterocycles. The zero-order valence-corrected chi connectivity index (χ0v) is 16.3. The highest BCUT2D eigenvalue weighted by atomic mass is 35.5. The summed E-state index contributed by atoms with van der Waals surface area (Å²) in [6.45, 7) is 3.70. The maximum Gasteiger partial charge on any atom is 0.241 e. The average molecular weight is 404 g/mol. The number of nitriles is 1. The number of halogens is 2. The van der Waals surface area contributed by atoms with Gasteiger partial charge in [0.2, 0.25) is 5.91 Å². The lowest BCUT2D eigenvalue weighted by Gasteiger charge is -2.36. The highest BCUT2D eigenvalue weighted by Gasteiger charge is 2.28. The van der Waals surface area contributed by atoms with Gasteiger partial charge in [-0.15, -0.1) is 0 Å². The molecule has 0 aliphatic carbocycles. The van der Waals surface area contributed by atoms with Crippen LogP contribution >= 0.6 is 23.2 Å². The second-order valence-electron chi connectivity index (χ2n) is 6.38. The van der Waals surface area contributed by atoms with Gasteiger partial charge in [-0.05, 0) is 42.8 Å². The summed E-state index contributed by atoms with van der Waals surface area (Å²) in [5.74, 6) is -0.132. The summed E-state index contributed by atoms with van der Waals surface area (Å²) >= 11 is 12.0. The van der Waals surface area contributed by atoms with E-state index in [0.717, 1.165) is 5.56 Å². The van der Waals surface area contributed by atoms with Crippen LogP contribution in [0, 0.1) is 11.3 Å². The molecule has 1 aliphatic rings. The molecule has 140 valence electrons. The lowest BCUT2D eigenvalue weighted by molar-refractivity contribution is -0.124. The van der Waals surface area contributed by atoms with E-state index in [1.54, 1.807) is 18.2 Å².